The summed E-state index contributed by atoms with van der Waals surface area (Å²) in [5, 5.41) is 12.1. The van der Waals surface area contributed by atoms with Gasteiger partial charge < -0.3 is 10.4 Å². The van der Waals surface area contributed by atoms with Crippen molar-refractivity contribution >= 4 is 24.8 Å². The van der Waals surface area contributed by atoms with Crippen molar-refractivity contribution in [3.05, 3.63) is 0 Å². The number of likely N-dealkylation sites (N-methyl/N-ethyl adjacent to an activating group) is 1. The molecule has 3 nitrogen and oxygen atoms in total. The van der Waals surface area contributed by atoms with E-state index in [0.29, 0.717) is 18.7 Å². The number of rotatable bonds is 2. The Morgan fingerprint density at radius 3 is 2.54 bits per heavy atom. The molecule has 2 N–H and O–H groups in total. The van der Waals surface area contributed by atoms with Crippen molar-refractivity contribution in [3.8, 4) is 0 Å². The van der Waals surface area contributed by atoms with Crippen LogP contribution in [0.2, 0.25) is 0 Å². The van der Waals surface area contributed by atoms with E-state index in [2.05, 4.69) is 24.2 Å². The minimum atomic E-state index is 0. The van der Waals surface area contributed by atoms with Crippen LogP contribution in [0.3, 0.4) is 0 Å². The standard InChI is InChI=1S/C8H18N2O.2ClH/c1-7-5-9-6-8(3-4-11)10(7)2;;/h7-9,11H,3-6H2,1-2H3;2*1H. The van der Waals surface area contributed by atoms with E-state index in [9.17, 15) is 0 Å². The number of nitrogens with one attached hydrogen (secondary N) is 1. The second kappa shape index (κ2) is 7.83. The molecule has 5 heteroatoms. The van der Waals surface area contributed by atoms with Crippen molar-refractivity contribution in [3.63, 3.8) is 0 Å². The van der Waals surface area contributed by atoms with Crippen LogP contribution in [-0.2, 0) is 0 Å². The molecule has 2 atom stereocenters. The molecule has 13 heavy (non-hydrogen) atoms. The van der Waals surface area contributed by atoms with Crippen LogP contribution < -0.4 is 5.32 Å². The first kappa shape index (κ1) is 15.9. The van der Waals surface area contributed by atoms with Gasteiger partial charge in [0.15, 0.2) is 0 Å². The highest BCUT2D eigenvalue weighted by molar-refractivity contribution is 5.85. The van der Waals surface area contributed by atoms with E-state index in [4.69, 9.17) is 5.11 Å². The average Bonchev–Trinajstić information content (AvgIpc) is 1.99. The molecule has 0 aromatic carbocycles. The topological polar surface area (TPSA) is 35.5 Å². The Balaban J connectivity index is 0. The van der Waals surface area contributed by atoms with E-state index in [1.54, 1.807) is 0 Å². The van der Waals surface area contributed by atoms with Crippen LogP contribution >= 0.6 is 24.8 Å². The van der Waals surface area contributed by atoms with Crippen molar-refractivity contribution in [2.45, 2.75) is 25.4 Å². The third kappa shape index (κ3) is 4.47. The van der Waals surface area contributed by atoms with Crippen molar-refractivity contribution in [2.24, 2.45) is 0 Å². The molecule has 0 radical (unpaired) electrons. The van der Waals surface area contributed by atoms with Crippen molar-refractivity contribution in [1.82, 2.24) is 10.2 Å². The number of aliphatic hydroxyl groups is 1. The van der Waals surface area contributed by atoms with Gasteiger partial charge in [-0.2, -0.15) is 0 Å². The lowest BCUT2D eigenvalue weighted by atomic mass is 10.1. The Morgan fingerprint density at radius 2 is 2.00 bits per heavy atom. The largest absolute Gasteiger partial charge is 0.396 e. The molecule has 1 rings (SSSR count). The molecule has 1 aliphatic rings. The summed E-state index contributed by atoms with van der Waals surface area (Å²) < 4.78 is 0. The van der Waals surface area contributed by atoms with Gasteiger partial charge in [-0.3, -0.25) is 4.90 Å². The zero-order valence-corrected chi connectivity index (χ0v) is 9.83. The fraction of sp³-hybridized carbons (Fsp3) is 1.00. The van der Waals surface area contributed by atoms with Gasteiger partial charge in [0.2, 0.25) is 0 Å². The Labute approximate surface area is 92.7 Å². The molecule has 0 aromatic rings. The monoisotopic (exact) mass is 230 g/mol. The fourth-order valence-electron chi connectivity index (χ4n) is 1.56. The number of nitrogens with zero attached hydrogens (tertiary/aromatic N) is 1. The molecule has 0 saturated carbocycles. The maximum atomic E-state index is 8.77. The van der Waals surface area contributed by atoms with E-state index < -0.39 is 0 Å². The van der Waals surface area contributed by atoms with Crippen LogP contribution in [0.25, 0.3) is 0 Å². The van der Waals surface area contributed by atoms with Gasteiger partial charge in [-0.05, 0) is 20.4 Å². The van der Waals surface area contributed by atoms with Gasteiger partial charge >= 0.3 is 0 Å². The van der Waals surface area contributed by atoms with Crippen molar-refractivity contribution < 1.29 is 5.11 Å². The van der Waals surface area contributed by atoms with Crippen molar-refractivity contribution in [2.75, 3.05) is 26.7 Å². The van der Waals surface area contributed by atoms with Gasteiger partial charge in [0.25, 0.3) is 0 Å². The van der Waals surface area contributed by atoms with Crippen LogP contribution in [0.5, 0.6) is 0 Å². The molecule has 2 unspecified atom stereocenters. The number of aliphatic hydroxyl groups excluding tert-OH is 1. The van der Waals surface area contributed by atoms with Gasteiger partial charge in [0, 0.05) is 31.8 Å². The molecule has 0 spiro atoms. The Kier molecular flexibility index (Phi) is 9.58. The van der Waals surface area contributed by atoms with Crippen LogP contribution in [0.4, 0.5) is 0 Å². The lowest BCUT2D eigenvalue weighted by molar-refractivity contribution is 0.115. The predicted octanol–water partition coefficient (Wildman–Crippen LogP) is 0.505. The molecule has 1 fully saturated rings. The molecule has 1 saturated heterocycles. The third-order valence-electron chi connectivity index (χ3n) is 2.55. The number of hydrogen-bond donors (Lipinski definition) is 2. The van der Waals surface area contributed by atoms with E-state index in [1.165, 1.54) is 0 Å². The minimum absolute atomic E-state index is 0. The highest BCUT2D eigenvalue weighted by atomic mass is 35.5. The fourth-order valence-corrected chi connectivity index (χ4v) is 1.56. The average molecular weight is 231 g/mol. The van der Waals surface area contributed by atoms with Gasteiger partial charge in [0.05, 0.1) is 0 Å². The molecule has 0 bridgehead atoms. The summed E-state index contributed by atoms with van der Waals surface area (Å²) in [4.78, 5) is 2.34. The van der Waals surface area contributed by atoms with Gasteiger partial charge in [-0.15, -0.1) is 24.8 Å². The summed E-state index contributed by atoms with van der Waals surface area (Å²) in [6.45, 7) is 4.58. The molecule has 1 heterocycles. The molecular formula is C8H20Cl2N2O. The smallest absolute Gasteiger partial charge is 0.0446 e. The second-order valence-corrected chi connectivity index (χ2v) is 3.34. The summed E-state index contributed by atoms with van der Waals surface area (Å²) in [6, 6.07) is 1.11. The molecule has 82 valence electrons. The summed E-state index contributed by atoms with van der Waals surface area (Å²) in [5.74, 6) is 0. The van der Waals surface area contributed by atoms with Gasteiger partial charge in [-0.25, -0.2) is 0 Å². The lowest BCUT2D eigenvalue weighted by Gasteiger charge is -2.38. The maximum Gasteiger partial charge on any atom is 0.0446 e. The molecule has 1 aliphatic heterocycles. The van der Waals surface area contributed by atoms with E-state index >= 15 is 0 Å². The van der Waals surface area contributed by atoms with Gasteiger partial charge in [0.1, 0.15) is 0 Å². The first-order chi connectivity index (χ1) is 5.25. The Hall–Kier alpha value is 0.460. The first-order valence-electron chi connectivity index (χ1n) is 4.29. The summed E-state index contributed by atoms with van der Waals surface area (Å²) in [6.07, 6.45) is 0.883. The van der Waals surface area contributed by atoms with E-state index in [-0.39, 0.29) is 24.8 Å². The third-order valence-corrected chi connectivity index (χ3v) is 2.55. The number of piperazine rings is 1. The second-order valence-electron chi connectivity index (χ2n) is 3.34. The quantitative estimate of drug-likeness (QED) is 0.726. The molecular weight excluding hydrogens is 211 g/mol. The number of hydrogen-bond acceptors (Lipinski definition) is 3. The lowest BCUT2D eigenvalue weighted by Crippen LogP contribution is -2.54. The molecule has 0 amide bonds. The van der Waals surface area contributed by atoms with E-state index in [0.717, 1.165) is 19.5 Å². The highest BCUT2D eigenvalue weighted by Gasteiger charge is 2.22. The highest BCUT2D eigenvalue weighted by Crippen LogP contribution is 2.08. The normalized spacial score (nSPS) is 28.8. The Morgan fingerprint density at radius 1 is 1.38 bits per heavy atom. The summed E-state index contributed by atoms with van der Waals surface area (Å²) >= 11 is 0. The first-order valence-corrected chi connectivity index (χ1v) is 4.29. The van der Waals surface area contributed by atoms with Crippen LogP contribution in [0.15, 0.2) is 0 Å². The number of halogens is 2. The van der Waals surface area contributed by atoms with Gasteiger partial charge in [-0.1, -0.05) is 0 Å². The Bertz CT molecular complexity index is 125. The van der Waals surface area contributed by atoms with Crippen LogP contribution in [0.1, 0.15) is 13.3 Å². The summed E-state index contributed by atoms with van der Waals surface area (Å²) in [7, 11) is 2.13. The molecule has 0 aliphatic carbocycles. The van der Waals surface area contributed by atoms with Crippen LogP contribution in [-0.4, -0.2) is 48.8 Å². The van der Waals surface area contributed by atoms with Crippen molar-refractivity contribution in [1.29, 1.82) is 0 Å². The predicted molar refractivity (Wildman–Crippen MR) is 60.1 cm³/mol. The van der Waals surface area contributed by atoms with Crippen LogP contribution in [0, 0.1) is 0 Å². The SMILES string of the molecule is CC1CNCC(CCO)N1C.Cl.Cl. The summed E-state index contributed by atoms with van der Waals surface area (Å²) in [5.41, 5.74) is 0. The molecule has 0 aromatic heterocycles. The zero-order chi connectivity index (χ0) is 8.27. The minimum Gasteiger partial charge on any atom is -0.396 e. The van der Waals surface area contributed by atoms with E-state index in [1.807, 2.05) is 0 Å². The maximum absolute atomic E-state index is 8.77. The zero-order valence-electron chi connectivity index (χ0n) is 8.19.